The molecule has 2 bridgehead atoms. The summed E-state index contributed by atoms with van der Waals surface area (Å²) in [5.41, 5.74) is 5.58. The lowest BCUT2D eigenvalue weighted by Gasteiger charge is -2.18. The summed E-state index contributed by atoms with van der Waals surface area (Å²) >= 11 is 0. The lowest BCUT2D eigenvalue weighted by atomic mass is 9.86. The van der Waals surface area contributed by atoms with E-state index in [1.165, 1.54) is 22.3 Å². The minimum atomic E-state index is -0.174. The first-order chi connectivity index (χ1) is 7.20. The van der Waals surface area contributed by atoms with E-state index >= 15 is 0 Å². The second kappa shape index (κ2) is 2.96. The van der Waals surface area contributed by atoms with Crippen LogP contribution >= 0.6 is 0 Å². The number of hydrogen-bond donors (Lipinski definition) is 1. The quantitative estimate of drug-likeness (QED) is 0.638. The van der Waals surface area contributed by atoms with Crippen LogP contribution in [0.4, 0.5) is 0 Å². The Morgan fingerprint density at radius 3 is 2.53 bits per heavy atom. The van der Waals surface area contributed by atoms with E-state index in [4.69, 9.17) is 0 Å². The molecule has 0 aliphatic heterocycles. The van der Waals surface area contributed by atoms with Crippen LogP contribution in [0.5, 0.6) is 0 Å². The van der Waals surface area contributed by atoms with Crippen LogP contribution in [-0.4, -0.2) is 11.2 Å². The Morgan fingerprint density at radius 1 is 1.20 bits per heavy atom. The SMILES string of the molecule is CC(C)=C1C[C@H]2c3ccccc3[C@@H]1[C@@H]2O. The van der Waals surface area contributed by atoms with Crippen molar-refractivity contribution in [2.75, 3.05) is 0 Å². The molecule has 1 nitrogen and oxygen atoms in total. The molecule has 1 aromatic carbocycles. The molecule has 1 fully saturated rings. The summed E-state index contributed by atoms with van der Waals surface area (Å²) in [6, 6.07) is 8.50. The second-order valence-electron chi connectivity index (χ2n) is 4.93. The molecule has 0 unspecified atom stereocenters. The summed E-state index contributed by atoms with van der Waals surface area (Å²) in [7, 11) is 0. The molecule has 1 saturated carbocycles. The summed E-state index contributed by atoms with van der Waals surface area (Å²) < 4.78 is 0. The van der Waals surface area contributed by atoms with Crippen LogP contribution in [0.15, 0.2) is 35.4 Å². The minimum absolute atomic E-state index is 0.174. The first-order valence-electron chi connectivity index (χ1n) is 5.63. The molecule has 1 aromatic rings. The molecule has 1 N–H and O–H groups in total. The van der Waals surface area contributed by atoms with Crippen LogP contribution in [0.3, 0.4) is 0 Å². The zero-order valence-electron chi connectivity index (χ0n) is 9.20. The predicted molar refractivity (Wildman–Crippen MR) is 60.9 cm³/mol. The van der Waals surface area contributed by atoms with Crippen molar-refractivity contribution in [3.63, 3.8) is 0 Å². The highest BCUT2D eigenvalue weighted by atomic mass is 16.3. The highest BCUT2D eigenvalue weighted by molar-refractivity contribution is 5.52. The third-order valence-electron chi connectivity index (χ3n) is 3.94. The summed E-state index contributed by atoms with van der Waals surface area (Å²) in [5.74, 6) is 0.646. The van der Waals surface area contributed by atoms with Gasteiger partial charge < -0.3 is 5.11 Å². The minimum Gasteiger partial charge on any atom is -0.392 e. The highest BCUT2D eigenvalue weighted by Gasteiger charge is 2.47. The Labute approximate surface area is 90.4 Å². The van der Waals surface area contributed by atoms with Crippen molar-refractivity contribution in [2.45, 2.75) is 38.2 Å². The molecule has 3 atom stereocenters. The molecular formula is C14H16O. The maximum Gasteiger partial charge on any atom is 0.0717 e. The lowest BCUT2D eigenvalue weighted by molar-refractivity contribution is 0.163. The van der Waals surface area contributed by atoms with Crippen LogP contribution in [0.1, 0.15) is 43.2 Å². The zero-order valence-corrected chi connectivity index (χ0v) is 9.20. The molecule has 0 amide bonds. The Bertz CT molecular complexity index is 440. The molecule has 3 rings (SSSR count). The van der Waals surface area contributed by atoms with Gasteiger partial charge >= 0.3 is 0 Å². The topological polar surface area (TPSA) is 20.2 Å². The second-order valence-corrected chi connectivity index (χ2v) is 4.93. The fourth-order valence-corrected chi connectivity index (χ4v) is 3.24. The van der Waals surface area contributed by atoms with Gasteiger partial charge in [0.15, 0.2) is 0 Å². The monoisotopic (exact) mass is 200 g/mol. The number of rotatable bonds is 0. The van der Waals surface area contributed by atoms with Gasteiger partial charge in [-0.1, -0.05) is 35.4 Å². The highest BCUT2D eigenvalue weighted by Crippen LogP contribution is 2.56. The van der Waals surface area contributed by atoms with Crippen LogP contribution < -0.4 is 0 Å². The molecule has 2 aliphatic carbocycles. The van der Waals surface area contributed by atoms with Crippen LogP contribution in [0.25, 0.3) is 0 Å². The van der Waals surface area contributed by atoms with Crippen molar-refractivity contribution < 1.29 is 5.11 Å². The van der Waals surface area contributed by atoms with Gasteiger partial charge in [0, 0.05) is 11.8 Å². The molecule has 15 heavy (non-hydrogen) atoms. The molecular weight excluding hydrogens is 184 g/mol. The van der Waals surface area contributed by atoms with Crippen molar-refractivity contribution in [2.24, 2.45) is 0 Å². The average Bonchev–Trinajstić information content (AvgIpc) is 2.70. The van der Waals surface area contributed by atoms with Gasteiger partial charge in [-0.2, -0.15) is 0 Å². The summed E-state index contributed by atoms with van der Waals surface area (Å²) in [4.78, 5) is 0. The van der Waals surface area contributed by atoms with E-state index in [-0.39, 0.29) is 12.0 Å². The predicted octanol–water partition coefficient (Wildman–Crippen LogP) is 2.97. The summed E-state index contributed by atoms with van der Waals surface area (Å²) in [5, 5.41) is 10.2. The Kier molecular flexibility index (Phi) is 1.81. The van der Waals surface area contributed by atoms with Gasteiger partial charge in [0.25, 0.3) is 0 Å². The first-order valence-corrected chi connectivity index (χ1v) is 5.63. The number of fused-ring (bicyclic) bond motifs is 5. The van der Waals surface area contributed by atoms with Crippen molar-refractivity contribution in [1.82, 2.24) is 0 Å². The molecule has 0 radical (unpaired) electrons. The molecule has 1 heteroatoms. The van der Waals surface area contributed by atoms with E-state index in [2.05, 4.69) is 38.1 Å². The van der Waals surface area contributed by atoms with Crippen molar-refractivity contribution >= 4 is 0 Å². The van der Waals surface area contributed by atoms with Gasteiger partial charge in [-0.3, -0.25) is 0 Å². The van der Waals surface area contributed by atoms with Gasteiger partial charge in [-0.05, 0) is 31.4 Å². The van der Waals surface area contributed by atoms with E-state index in [0.717, 1.165) is 6.42 Å². The van der Waals surface area contributed by atoms with Crippen molar-refractivity contribution in [1.29, 1.82) is 0 Å². The van der Waals surface area contributed by atoms with Gasteiger partial charge in [-0.25, -0.2) is 0 Å². The number of hydrogen-bond acceptors (Lipinski definition) is 1. The molecule has 2 aliphatic rings. The Balaban J connectivity index is 2.19. The third kappa shape index (κ3) is 1.07. The van der Waals surface area contributed by atoms with Crippen LogP contribution in [0, 0.1) is 0 Å². The van der Waals surface area contributed by atoms with Crippen LogP contribution in [0.2, 0.25) is 0 Å². The molecule has 0 heterocycles. The molecule has 0 spiro atoms. The summed E-state index contributed by atoms with van der Waals surface area (Å²) in [6.45, 7) is 4.32. The maximum atomic E-state index is 10.2. The van der Waals surface area contributed by atoms with E-state index < -0.39 is 0 Å². The van der Waals surface area contributed by atoms with Crippen molar-refractivity contribution in [3.05, 3.63) is 46.5 Å². The fraction of sp³-hybridized carbons (Fsp3) is 0.429. The van der Waals surface area contributed by atoms with Gasteiger partial charge in [-0.15, -0.1) is 0 Å². The standard InChI is InChI=1S/C14H16O/c1-8(2)11-7-12-9-5-3-4-6-10(9)13(11)14(12)15/h3-6,12-15H,7H2,1-2H3/t12-,13-,14+/m0/s1. The van der Waals surface area contributed by atoms with Crippen molar-refractivity contribution in [3.8, 4) is 0 Å². The molecule has 0 saturated heterocycles. The number of benzene rings is 1. The summed E-state index contributed by atoms with van der Waals surface area (Å²) in [6.07, 6.45) is 0.887. The normalized spacial score (nSPS) is 31.9. The largest absolute Gasteiger partial charge is 0.392 e. The Hall–Kier alpha value is -1.08. The number of aliphatic hydroxyl groups excluding tert-OH is 1. The van der Waals surface area contributed by atoms with Gasteiger partial charge in [0.2, 0.25) is 0 Å². The van der Waals surface area contributed by atoms with Gasteiger partial charge in [0.1, 0.15) is 0 Å². The number of allylic oxidation sites excluding steroid dienone is 1. The smallest absolute Gasteiger partial charge is 0.0717 e. The molecule has 0 aromatic heterocycles. The average molecular weight is 200 g/mol. The van der Waals surface area contributed by atoms with E-state index in [1.54, 1.807) is 0 Å². The fourth-order valence-electron chi connectivity index (χ4n) is 3.24. The van der Waals surface area contributed by atoms with E-state index in [9.17, 15) is 5.11 Å². The Morgan fingerprint density at radius 2 is 1.87 bits per heavy atom. The van der Waals surface area contributed by atoms with E-state index in [1.807, 2.05) is 0 Å². The third-order valence-corrected chi connectivity index (χ3v) is 3.94. The van der Waals surface area contributed by atoms with Crippen LogP contribution in [-0.2, 0) is 0 Å². The zero-order chi connectivity index (χ0) is 10.6. The first kappa shape index (κ1) is 9.17. The maximum absolute atomic E-state index is 10.2. The van der Waals surface area contributed by atoms with Gasteiger partial charge in [0.05, 0.1) is 6.10 Å². The lowest BCUT2D eigenvalue weighted by Crippen LogP contribution is -2.09. The number of aliphatic hydroxyl groups is 1. The molecule has 78 valence electrons. The van der Waals surface area contributed by atoms with E-state index in [0.29, 0.717) is 5.92 Å².